The third-order valence-electron chi connectivity index (χ3n) is 3.47. The van der Waals surface area contributed by atoms with Crippen molar-refractivity contribution in [2.45, 2.75) is 19.9 Å². The maximum Gasteiger partial charge on any atom is 0.241 e. The van der Waals surface area contributed by atoms with Crippen molar-refractivity contribution in [3.8, 4) is 0 Å². The van der Waals surface area contributed by atoms with Crippen LogP contribution in [0.15, 0.2) is 54.6 Å². The Labute approximate surface area is 138 Å². The maximum atomic E-state index is 12.2. The van der Waals surface area contributed by atoms with E-state index in [4.69, 9.17) is 0 Å². The highest BCUT2D eigenvalue weighted by Crippen LogP contribution is 2.17. The van der Waals surface area contributed by atoms with E-state index < -0.39 is 11.3 Å². The van der Waals surface area contributed by atoms with E-state index in [1.54, 1.807) is 24.3 Å². The molecule has 6 heteroatoms. The first kappa shape index (κ1) is 17.2. The second-order valence-corrected chi connectivity index (χ2v) is 6.16. The number of rotatable bonds is 6. The molecule has 0 bridgehead atoms. The van der Waals surface area contributed by atoms with Crippen molar-refractivity contribution in [2.75, 3.05) is 10.8 Å². The second-order valence-electron chi connectivity index (χ2n) is 5.29. The lowest BCUT2D eigenvalue weighted by molar-refractivity contribution is -0.120. The Morgan fingerprint density at radius 3 is 2.35 bits per heavy atom. The smallest absolute Gasteiger partial charge is 0.241 e. The number of benzene rings is 2. The average Bonchev–Trinajstić information content (AvgIpc) is 2.54. The molecule has 5 nitrogen and oxygen atoms in total. The number of nitrogens with zero attached hydrogens (tertiary/aromatic N) is 1. The van der Waals surface area contributed by atoms with Crippen molar-refractivity contribution in [2.24, 2.45) is 0 Å². The summed E-state index contributed by atoms with van der Waals surface area (Å²) in [6.45, 7) is 3.52. The van der Waals surface area contributed by atoms with Crippen molar-refractivity contribution < 1.29 is 13.6 Å². The lowest BCUT2D eigenvalue weighted by atomic mass is 10.1. The molecular weight excluding hydrogens is 312 g/mol. The van der Waals surface area contributed by atoms with Crippen LogP contribution in [-0.4, -0.2) is 21.2 Å². The Morgan fingerprint density at radius 2 is 1.78 bits per heavy atom. The van der Waals surface area contributed by atoms with Crippen LogP contribution in [0.25, 0.3) is 0 Å². The molecule has 0 aromatic heterocycles. The minimum atomic E-state index is -2.52. The molecule has 2 unspecified atom stereocenters. The summed E-state index contributed by atoms with van der Waals surface area (Å²) in [4.78, 5) is 12.2. The van der Waals surface area contributed by atoms with Crippen LogP contribution >= 0.6 is 0 Å². The van der Waals surface area contributed by atoms with Crippen LogP contribution in [0.1, 0.15) is 24.1 Å². The topological polar surface area (TPSA) is 72.5 Å². The molecule has 1 amide bonds. The molecule has 0 saturated carbocycles. The molecule has 1 N–H and O–H groups in total. The van der Waals surface area contributed by atoms with Crippen LogP contribution in [0.2, 0.25) is 0 Å². The number of amides is 1. The molecule has 0 aliphatic carbocycles. The zero-order valence-electron chi connectivity index (χ0n) is 13.1. The lowest BCUT2D eigenvalue weighted by Gasteiger charge is -2.26. The summed E-state index contributed by atoms with van der Waals surface area (Å²) >= 11 is -2.52. The number of nitrogens with one attached hydrogen (secondary N) is 1. The monoisotopic (exact) mass is 331 g/mol. The van der Waals surface area contributed by atoms with E-state index in [0.717, 1.165) is 15.4 Å². The van der Waals surface area contributed by atoms with Crippen LogP contribution in [0.5, 0.6) is 0 Å². The Kier molecular flexibility index (Phi) is 5.90. The van der Waals surface area contributed by atoms with Crippen molar-refractivity contribution in [1.29, 1.82) is 0 Å². The molecule has 0 aliphatic rings. The van der Waals surface area contributed by atoms with Gasteiger partial charge in [-0.1, -0.05) is 48.0 Å². The SMILES string of the molecule is Cc1ccc(N(CC(=O)NC(C)c2ccccc2)S(=O)[O-])cc1. The molecule has 2 atom stereocenters. The van der Waals surface area contributed by atoms with E-state index in [-0.39, 0.29) is 18.5 Å². The zero-order chi connectivity index (χ0) is 16.8. The summed E-state index contributed by atoms with van der Waals surface area (Å²) in [5, 5.41) is 2.81. The van der Waals surface area contributed by atoms with Crippen LogP contribution in [-0.2, 0) is 16.1 Å². The van der Waals surface area contributed by atoms with Gasteiger partial charge in [0.15, 0.2) is 0 Å². The largest absolute Gasteiger partial charge is 0.755 e. The predicted octanol–water partition coefficient (Wildman–Crippen LogP) is 2.47. The fraction of sp³-hybridized carbons (Fsp3) is 0.235. The van der Waals surface area contributed by atoms with Crippen LogP contribution in [0, 0.1) is 6.92 Å². The van der Waals surface area contributed by atoms with E-state index in [1.807, 2.05) is 44.2 Å². The zero-order valence-corrected chi connectivity index (χ0v) is 13.9. The first-order valence-corrected chi connectivity index (χ1v) is 8.28. The standard InChI is InChI=1S/C17H20N2O3S/c1-13-8-10-16(11-9-13)19(23(21)22)12-17(20)18-14(2)15-6-4-3-5-7-15/h3-11,14H,12H2,1-2H3,(H,18,20)(H,21,22)/p-1. The van der Waals surface area contributed by atoms with Gasteiger partial charge in [-0.2, -0.15) is 0 Å². The highest BCUT2D eigenvalue weighted by Gasteiger charge is 2.15. The Hall–Kier alpha value is -2.18. The first-order chi connectivity index (χ1) is 11.0. The molecule has 0 radical (unpaired) electrons. The van der Waals surface area contributed by atoms with E-state index in [0.29, 0.717) is 5.69 Å². The van der Waals surface area contributed by atoms with Gasteiger partial charge in [0.25, 0.3) is 0 Å². The number of anilines is 1. The van der Waals surface area contributed by atoms with Gasteiger partial charge in [-0.15, -0.1) is 0 Å². The summed E-state index contributed by atoms with van der Waals surface area (Å²) < 4.78 is 23.9. The molecule has 0 spiro atoms. The van der Waals surface area contributed by atoms with E-state index in [2.05, 4.69) is 5.32 Å². The quantitative estimate of drug-likeness (QED) is 0.827. The molecule has 0 fully saturated rings. The van der Waals surface area contributed by atoms with Gasteiger partial charge in [-0.25, -0.2) is 0 Å². The van der Waals surface area contributed by atoms with E-state index in [1.165, 1.54) is 0 Å². The number of aryl methyl sites for hydroxylation is 1. The number of hydrogen-bond acceptors (Lipinski definition) is 3. The highest BCUT2D eigenvalue weighted by molar-refractivity contribution is 7.80. The van der Waals surface area contributed by atoms with Crippen LogP contribution in [0.4, 0.5) is 5.69 Å². The molecule has 2 rings (SSSR count). The van der Waals surface area contributed by atoms with E-state index >= 15 is 0 Å². The van der Waals surface area contributed by atoms with Gasteiger partial charge in [0.2, 0.25) is 5.91 Å². The third-order valence-corrected chi connectivity index (χ3v) is 4.17. The van der Waals surface area contributed by atoms with E-state index in [9.17, 15) is 13.6 Å². The second kappa shape index (κ2) is 7.89. The minimum Gasteiger partial charge on any atom is -0.755 e. The van der Waals surface area contributed by atoms with Gasteiger partial charge in [0, 0.05) is 17.0 Å². The fourth-order valence-corrected chi connectivity index (χ4v) is 2.70. The van der Waals surface area contributed by atoms with Gasteiger partial charge in [-0.05, 0) is 31.5 Å². The molecule has 0 aliphatic heterocycles. The normalized spacial score (nSPS) is 13.2. The van der Waals surface area contributed by atoms with Crippen molar-refractivity contribution >= 4 is 22.9 Å². The van der Waals surface area contributed by atoms with Gasteiger partial charge in [0.05, 0.1) is 6.04 Å². The molecule has 2 aromatic rings. The van der Waals surface area contributed by atoms with Crippen molar-refractivity contribution in [3.63, 3.8) is 0 Å². The third kappa shape index (κ3) is 4.91. The Morgan fingerprint density at radius 1 is 1.17 bits per heavy atom. The summed E-state index contributed by atoms with van der Waals surface area (Å²) in [6, 6.07) is 16.3. The Bertz CT molecular complexity index is 674. The summed E-state index contributed by atoms with van der Waals surface area (Å²) in [5.41, 5.74) is 2.45. The maximum absolute atomic E-state index is 12.2. The summed E-state index contributed by atoms with van der Waals surface area (Å²) in [6.07, 6.45) is 0. The summed E-state index contributed by atoms with van der Waals surface area (Å²) in [5.74, 6) is -0.355. The molecule has 2 aromatic carbocycles. The van der Waals surface area contributed by atoms with Crippen LogP contribution in [0.3, 0.4) is 0 Å². The average molecular weight is 331 g/mol. The predicted molar refractivity (Wildman–Crippen MR) is 90.4 cm³/mol. The van der Waals surface area contributed by atoms with Gasteiger partial charge in [0.1, 0.15) is 6.54 Å². The molecule has 0 saturated heterocycles. The van der Waals surface area contributed by atoms with Crippen molar-refractivity contribution in [3.05, 3.63) is 65.7 Å². The van der Waals surface area contributed by atoms with Crippen LogP contribution < -0.4 is 9.62 Å². The number of hydrogen-bond donors (Lipinski definition) is 1. The summed E-state index contributed by atoms with van der Waals surface area (Å²) in [7, 11) is 0. The molecule has 0 heterocycles. The van der Waals surface area contributed by atoms with Gasteiger partial charge >= 0.3 is 0 Å². The first-order valence-electron chi connectivity index (χ1n) is 7.25. The minimum absolute atomic E-state index is 0.191. The molecule has 122 valence electrons. The van der Waals surface area contributed by atoms with Crippen molar-refractivity contribution in [1.82, 2.24) is 5.32 Å². The molecule has 23 heavy (non-hydrogen) atoms. The fourth-order valence-electron chi connectivity index (χ4n) is 2.18. The lowest BCUT2D eigenvalue weighted by Crippen LogP contribution is -2.39. The highest BCUT2D eigenvalue weighted by atomic mass is 32.2. The number of carbonyl (C=O) groups is 1. The number of carbonyl (C=O) groups excluding carboxylic acids is 1. The Balaban J connectivity index is 2.04. The van der Waals surface area contributed by atoms with Gasteiger partial charge < -0.3 is 9.87 Å². The molecular formula is C17H19N2O3S-. The van der Waals surface area contributed by atoms with Gasteiger partial charge in [-0.3, -0.25) is 13.3 Å².